The second kappa shape index (κ2) is 7.60. The fourth-order valence-corrected chi connectivity index (χ4v) is 3.08. The van der Waals surface area contributed by atoms with Gasteiger partial charge in [0.05, 0.1) is 17.8 Å². The summed E-state index contributed by atoms with van der Waals surface area (Å²) in [7, 11) is 0. The van der Waals surface area contributed by atoms with Crippen molar-refractivity contribution in [2.75, 3.05) is 0 Å². The maximum Gasteiger partial charge on any atom is 0.288 e. The summed E-state index contributed by atoms with van der Waals surface area (Å²) in [5, 5.41) is 13.9. The highest BCUT2D eigenvalue weighted by Crippen LogP contribution is 2.32. The van der Waals surface area contributed by atoms with E-state index >= 15 is 0 Å². The molecule has 0 fully saturated rings. The fourth-order valence-electron chi connectivity index (χ4n) is 3.08. The van der Waals surface area contributed by atoms with Gasteiger partial charge < -0.3 is 4.98 Å². The molecule has 0 aliphatic heterocycles. The smallest absolute Gasteiger partial charge is 0.288 e. The highest BCUT2D eigenvalue weighted by Gasteiger charge is 2.18. The van der Waals surface area contributed by atoms with E-state index in [1.807, 2.05) is 54.6 Å². The normalized spacial score (nSPS) is 10.8. The molecule has 0 radical (unpaired) electrons. The van der Waals surface area contributed by atoms with Crippen molar-refractivity contribution in [3.63, 3.8) is 0 Å². The molecule has 0 saturated heterocycles. The Hall–Kier alpha value is -4.17. The van der Waals surface area contributed by atoms with Gasteiger partial charge >= 0.3 is 0 Å². The number of fused-ring (bicyclic) bond motifs is 1. The number of carbonyl (C=O) groups is 1. The summed E-state index contributed by atoms with van der Waals surface area (Å²) in [5.41, 5.74) is 7.11. The van der Waals surface area contributed by atoms with Crippen molar-refractivity contribution in [1.82, 2.24) is 10.4 Å². The van der Waals surface area contributed by atoms with Gasteiger partial charge in [0.1, 0.15) is 5.69 Å². The van der Waals surface area contributed by atoms with Crippen molar-refractivity contribution >= 4 is 23.0 Å². The molecule has 2 N–H and O–H groups in total. The molecule has 0 saturated carbocycles. The average Bonchev–Trinajstić information content (AvgIpc) is 3.14. The van der Waals surface area contributed by atoms with Crippen LogP contribution in [-0.4, -0.2) is 17.1 Å². The van der Waals surface area contributed by atoms with Crippen LogP contribution in [-0.2, 0) is 0 Å². The number of amides is 1. The molecule has 3 aromatic carbocycles. The number of H-pyrrole nitrogens is 1. The molecule has 0 aliphatic carbocycles. The molecule has 28 heavy (non-hydrogen) atoms. The lowest BCUT2D eigenvalue weighted by Gasteiger charge is -2.04. The standard InChI is InChI=1S/C23H16N4O/c24-14-16-10-12-17(13-11-16)15-25-27-23(28)22-21(18-6-2-1-3-7-18)19-8-4-5-9-20(19)26-22/h1-13,15,26H,(H,27,28)/b25-15+. The molecule has 4 rings (SSSR count). The second-order valence-corrected chi connectivity index (χ2v) is 6.22. The number of nitrogens with one attached hydrogen (secondary N) is 2. The lowest BCUT2D eigenvalue weighted by Crippen LogP contribution is -2.18. The Balaban J connectivity index is 1.64. The fraction of sp³-hybridized carbons (Fsp3) is 0. The summed E-state index contributed by atoms with van der Waals surface area (Å²) < 4.78 is 0. The number of rotatable bonds is 4. The van der Waals surface area contributed by atoms with Gasteiger partial charge in [-0.25, -0.2) is 5.43 Å². The van der Waals surface area contributed by atoms with Gasteiger partial charge in [-0.15, -0.1) is 0 Å². The van der Waals surface area contributed by atoms with Crippen LogP contribution in [0.3, 0.4) is 0 Å². The van der Waals surface area contributed by atoms with Crippen molar-refractivity contribution in [3.05, 3.63) is 95.7 Å². The summed E-state index contributed by atoms with van der Waals surface area (Å²) in [5.74, 6) is -0.319. The Morgan fingerprint density at radius 2 is 1.68 bits per heavy atom. The topological polar surface area (TPSA) is 81.0 Å². The maximum absolute atomic E-state index is 12.8. The number of para-hydroxylation sites is 1. The molecule has 4 aromatic rings. The minimum absolute atomic E-state index is 0.319. The van der Waals surface area contributed by atoms with E-state index < -0.39 is 0 Å². The lowest BCUT2D eigenvalue weighted by atomic mass is 10.0. The maximum atomic E-state index is 12.8. The first kappa shape index (κ1) is 17.3. The van der Waals surface area contributed by atoms with Gasteiger partial charge in [-0.2, -0.15) is 10.4 Å². The zero-order chi connectivity index (χ0) is 19.3. The summed E-state index contributed by atoms with van der Waals surface area (Å²) >= 11 is 0. The zero-order valence-electron chi connectivity index (χ0n) is 14.9. The predicted molar refractivity (Wildman–Crippen MR) is 110 cm³/mol. The highest BCUT2D eigenvalue weighted by atomic mass is 16.2. The first-order valence-corrected chi connectivity index (χ1v) is 8.76. The van der Waals surface area contributed by atoms with E-state index in [1.165, 1.54) is 0 Å². The van der Waals surface area contributed by atoms with Crippen LogP contribution in [0.25, 0.3) is 22.0 Å². The number of aromatic amines is 1. The molecule has 0 bridgehead atoms. The van der Waals surface area contributed by atoms with E-state index in [2.05, 4.69) is 21.6 Å². The molecule has 0 aliphatic rings. The number of hydrazone groups is 1. The molecule has 5 nitrogen and oxygen atoms in total. The van der Waals surface area contributed by atoms with E-state index in [4.69, 9.17) is 5.26 Å². The quantitative estimate of drug-likeness (QED) is 0.414. The third-order valence-electron chi connectivity index (χ3n) is 4.42. The second-order valence-electron chi connectivity index (χ2n) is 6.22. The number of nitrogens with zero attached hydrogens (tertiary/aromatic N) is 2. The zero-order valence-corrected chi connectivity index (χ0v) is 14.9. The van der Waals surface area contributed by atoms with Crippen LogP contribution < -0.4 is 5.43 Å². The summed E-state index contributed by atoms with van der Waals surface area (Å²) in [6.45, 7) is 0. The molecular formula is C23H16N4O. The van der Waals surface area contributed by atoms with Gasteiger partial charge in [0.15, 0.2) is 0 Å². The molecule has 1 amide bonds. The van der Waals surface area contributed by atoms with E-state index in [0.29, 0.717) is 11.3 Å². The molecule has 1 aromatic heterocycles. The van der Waals surface area contributed by atoms with E-state index in [9.17, 15) is 4.79 Å². The molecule has 1 heterocycles. The molecule has 0 unspecified atom stereocenters. The minimum Gasteiger partial charge on any atom is -0.350 e. The number of nitriles is 1. The lowest BCUT2D eigenvalue weighted by molar-refractivity contribution is 0.0951. The van der Waals surface area contributed by atoms with Crippen LogP contribution in [0.1, 0.15) is 21.6 Å². The Bertz CT molecular complexity index is 1200. The van der Waals surface area contributed by atoms with Crippen LogP contribution in [0.4, 0.5) is 0 Å². The van der Waals surface area contributed by atoms with Gasteiger partial charge in [0, 0.05) is 16.5 Å². The van der Waals surface area contributed by atoms with Gasteiger partial charge in [0.25, 0.3) is 5.91 Å². The number of benzene rings is 3. The number of carbonyl (C=O) groups excluding carboxylic acids is 1. The van der Waals surface area contributed by atoms with Crippen molar-refractivity contribution in [3.8, 4) is 17.2 Å². The Labute approximate surface area is 162 Å². The predicted octanol–water partition coefficient (Wildman–Crippen LogP) is 4.47. The van der Waals surface area contributed by atoms with Crippen molar-refractivity contribution < 1.29 is 4.79 Å². The molecule has 0 atom stereocenters. The van der Waals surface area contributed by atoms with Crippen LogP contribution in [0.2, 0.25) is 0 Å². The number of aromatic nitrogens is 1. The van der Waals surface area contributed by atoms with Crippen LogP contribution in [0.15, 0.2) is 84.0 Å². The first-order valence-electron chi connectivity index (χ1n) is 8.76. The third kappa shape index (κ3) is 3.39. The molecule has 5 heteroatoms. The molecule has 0 spiro atoms. The largest absolute Gasteiger partial charge is 0.350 e. The van der Waals surface area contributed by atoms with Crippen molar-refractivity contribution in [1.29, 1.82) is 5.26 Å². The Kier molecular flexibility index (Phi) is 4.68. The molecular weight excluding hydrogens is 348 g/mol. The Morgan fingerprint density at radius 1 is 0.964 bits per heavy atom. The van der Waals surface area contributed by atoms with Crippen LogP contribution >= 0.6 is 0 Å². The Morgan fingerprint density at radius 3 is 2.43 bits per heavy atom. The van der Waals surface area contributed by atoms with Crippen LogP contribution in [0.5, 0.6) is 0 Å². The average molecular weight is 364 g/mol. The van der Waals surface area contributed by atoms with E-state index in [-0.39, 0.29) is 5.91 Å². The SMILES string of the molecule is N#Cc1ccc(/C=N/NC(=O)c2[nH]c3ccccc3c2-c2ccccc2)cc1. The van der Waals surface area contributed by atoms with Gasteiger partial charge in [-0.05, 0) is 29.3 Å². The van der Waals surface area contributed by atoms with Gasteiger partial charge in [-0.3, -0.25) is 4.79 Å². The molecule has 134 valence electrons. The van der Waals surface area contributed by atoms with E-state index in [1.54, 1.807) is 30.5 Å². The minimum atomic E-state index is -0.319. The third-order valence-corrected chi connectivity index (χ3v) is 4.42. The van der Waals surface area contributed by atoms with Crippen molar-refractivity contribution in [2.24, 2.45) is 5.10 Å². The summed E-state index contributed by atoms with van der Waals surface area (Å²) in [4.78, 5) is 16.0. The summed E-state index contributed by atoms with van der Waals surface area (Å²) in [6.07, 6.45) is 1.55. The van der Waals surface area contributed by atoms with Crippen molar-refractivity contribution in [2.45, 2.75) is 0 Å². The van der Waals surface area contributed by atoms with Gasteiger partial charge in [-0.1, -0.05) is 60.7 Å². The monoisotopic (exact) mass is 364 g/mol. The highest BCUT2D eigenvalue weighted by molar-refractivity contribution is 6.09. The van der Waals surface area contributed by atoms with Crippen LogP contribution in [0, 0.1) is 11.3 Å². The summed E-state index contributed by atoms with van der Waals surface area (Å²) in [6, 6.07) is 26.6. The number of hydrogen-bond donors (Lipinski definition) is 2. The van der Waals surface area contributed by atoms with Gasteiger partial charge in [0.2, 0.25) is 0 Å². The first-order chi connectivity index (χ1) is 13.8. The number of hydrogen-bond acceptors (Lipinski definition) is 3. The van der Waals surface area contributed by atoms with E-state index in [0.717, 1.165) is 27.6 Å².